The van der Waals surface area contributed by atoms with Gasteiger partial charge in [-0.25, -0.2) is 4.98 Å². The Labute approximate surface area is 123 Å². The van der Waals surface area contributed by atoms with Gasteiger partial charge in [0.1, 0.15) is 17.0 Å². The molecule has 20 heavy (non-hydrogen) atoms. The van der Waals surface area contributed by atoms with Crippen LogP contribution in [0.2, 0.25) is 0 Å². The number of esters is 1. The number of nitrogens with zero attached hydrogens (tertiary/aromatic N) is 1. The van der Waals surface area contributed by atoms with Crippen LogP contribution in [0, 0.1) is 5.92 Å². The minimum absolute atomic E-state index is 0.123. The predicted molar refractivity (Wildman–Crippen MR) is 76.9 cm³/mol. The fourth-order valence-corrected chi connectivity index (χ4v) is 4.11. The molecule has 2 atom stereocenters. The van der Waals surface area contributed by atoms with Crippen molar-refractivity contribution in [2.45, 2.75) is 51.6 Å². The van der Waals surface area contributed by atoms with Crippen LogP contribution in [0.5, 0.6) is 0 Å². The highest BCUT2D eigenvalue weighted by Crippen LogP contribution is 2.47. The maximum absolute atomic E-state index is 12.0. The summed E-state index contributed by atoms with van der Waals surface area (Å²) in [5.74, 6) is 0.348. The third-order valence-corrected chi connectivity index (χ3v) is 5.14. The smallest absolute Gasteiger partial charge is 0.315 e. The molecule has 3 rings (SSSR count). The van der Waals surface area contributed by atoms with Crippen molar-refractivity contribution in [2.24, 2.45) is 5.92 Å². The molecule has 1 saturated carbocycles. The molecular weight excluding hydrogens is 274 g/mol. The molecule has 1 aromatic heterocycles. The molecule has 4 nitrogen and oxygen atoms in total. The topological polar surface area (TPSA) is 48.4 Å². The lowest BCUT2D eigenvalue weighted by Crippen LogP contribution is -2.14. The molecule has 110 valence electrons. The van der Waals surface area contributed by atoms with E-state index in [1.54, 1.807) is 11.3 Å². The first-order chi connectivity index (χ1) is 9.74. The summed E-state index contributed by atoms with van der Waals surface area (Å²) >= 11 is 1.73. The lowest BCUT2D eigenvalue weighted by atomic mass is 10.1. The summed E-state index contributed by atoms with van der Waals surface area (Å²) in [4.78, 5) is 18.0. The second kappa shape index (κ2) is 5.82. The van der Waals surface area contributed by atoms with Crippen molar-refractivity contribution in [3.63, 3.8) is 0 Å². The number of fused-ring (bicyclic) bond motifs is 1. The Balaban J connectivity index is 1.80. The van der Waals surface area contributed by atoms with Gasteiger partial charge in [-0.15, -0.1) is 11.3 Å². The minimum atomic E-state index is -0.156. The fraction of sp³-hybridized carbons (Fsp3) is 0.733. The molecule has 0 saturated heterocycles. The average molecular weight is 295 g/mol. The summed E-state index contributed by atoms with van der Waals surface area (Å²) in [6.45, 7) is 5.02. The van der Waals surface area contributed by atoms with Gasteiger partial charge in [0.15, 0.2) is 0 Å². The second-order valence-electron chi connectivity index (χ2n) is 5.42. The summed E-state index contributed by atoms with van der Waals surface area (Å²) in [5.41, 5.74) is 0.953. The van der Waals surface area contributed by atoms with Gasteiger partial charge >= 0.3 is 5.97 Å². The van der Waals surface area contributed by atoms with Gasteiger partial charge < -0.3 is 9.47 Å². The number of carbonyl (C=O) groups excluding carboxylic acids is 1. The molecule has 0 aliphatic heterocycles. The van der Waals surface area contributed by atoms with Crippen LogP contribution < -0.4 is 0 Å². The molecule has 0 N–H and O–H groups in total. The van der Waals surface area contributed by atoms with Crippen molar-refractivity contribution >= 4 is 17.3 Å². The molecule has 2 aliphatic rings. The minimum Gasteiger partial charge on any atom is -0.465 e. The highest BCUT2D eigenvalue weighted by molar-refractivity contribution is 7.11. The van der Waals surface area contributed by atoms with E-state index < -0.39 is 0 Å². The van der Waals surface area contributed by atoms with Crippen LogP contribution in [-0.4, -0.2) is 24.2 Å². The zero-order chi connectivity index (χ0) is 14.1. The Hall–Kier alpha value is -0.940. The van der Waals surface area contributed by atoms with Crippen LogP contribution in [0.3, 0.4) is 0 Å². The first kappa shape index (κ1) is 14.0. The van der Waals surface area contributed by atoms with E-state index >= 15 is 0 Å². The quantitative estimate of drug-likeness (QED) is 0.756. The zero-order valence-electron chi connectivity index (χ0n) is 12.1. The molecule has 1 aromatic rings. The zero-order valence-corrected chi connectivity index (χ0v) is 12.9. The Kier molecular flexibility index (Phi) is 4.08. The average Bonchev–Trinajstić information content (AvgIpc) is 3.05. The third kappa shape index (κ3) is 2.61. The Morgan fingerprint density at radius 1 is 1.35 bits per heavy atom. The number of rotatable bonds is 6. The highest BCUT2D eigenvalue weighted by Gasteiger charge is 2.39. The molecule has 2 aliphatic carbocycles. The van der Waals surface area contributed by atoms with Crippen molar-refractivity contribution in [3.05, 3.63) is 15.6 Å². The first-order valence-electron chi connectivity index (χ1n) is 7.52. The van der Waals surface area contributed by atoms with Crippen LogP contribution in [0.15, 0.2) is 0 Å². The summed E-state index contributed by atoms with van der Waals surface area (Å²) in [6.07, 6.45) is 4.39. The van der Waals surface area contributed by atoms with E-state index in [1.807, 2.05) is 13.8 Å². The van der Waals surface area contributed by atoms with E-state index in [9.17, 15) is 4.79 Å². The van der Waals surface area contributed by atoms with Gasteiger partial charge in [-0.2, -0.15) is 0 Å². The van der Waals surface area contributed by atoms with Gasteiger partial charge in [0.2, 0.25) is 0 Å². The largest absolute Gasteiger partial charge is 0.465 e. The summed E-state index contributed by atoms with van der Waals surface area (Å²) in [5, 5.41) is 1.06. The monoisotopic (exact) mass is 295 g/mol. The van der Waals surface area contributed by atoms with Gasteiger partial charge in [-0.3, -0.25) is 4.79 Å². The van der Waals surface area contributed by atoms with Crippen molar-refractivity contribution in [1.82, 2.24) is 4.98 Å². The number of ether oxygens (including phenoxy) is 2. The van der Waals surface area contributed by atoms with Crippen molar-refractivity contribution < 1.29 is 14.3 Å². The van der Waals surface area contributed by atoms with Gasteiger partial charge in [0.05, 0.1) is 12.3 Å². The molecule has 5 heteroatoms. The Morgan fingerprint density at radius 2 is 2.15 bits per heavy atom. The van der Waals surface area contributed by atoms with E-state index in [4.69, 9.17) is 14.5 Å². The number of carbonyl (C=O) groups is 1. The molecule has 0 bridgehead atoms. The number of aromatic nitrogens is 1. The number of thiazole rings is 1. The molecule has 1 fully saturated rings. The molecule has 1 heterocycles. The van der Waals surface area contributed by atoms with Crippen LogP contribution in [0.1, 0.15) is 60.7 Å². The lowest BCUT2D eigenvalue weighted by Gasteiger charge is -2.14. The fourth-order valence-electron chi connectivity index (χ4n) is 2.83. The molecule has 2 unspecified atom stereocenters. The van der Waals surface area contributed by atoms with Gasteiger partial charge in [0, 0.05) is 11.5 Å². The van der Waals surface area contributed by atoms with E-state index in [1.165, 1.54) is 17.7 Å². The molecule has 0 amide bonds. The number of hydrogen-bond acceptors (Lipinski definition) is 5. The maximum Gasteiger partial charge on any atom is 0.315 e. The van der Waals surface area contributed by atoms with Crippen molar-refractivity contribution in [2.75, 3.05) is 13.2 Å². The van der Waals surface area contributed by atoms with Crippen molar-refractivity contribution in [3.8, 4) is 0 Å². The van der Waals surface area contributed by atoms with Gasteiger partial charge in [-0.05, 0) is 45.4 Å². The Bertz CT molecular complexity index is 495. The van der Waals surface area contributed by atoms with Gasteiger partial charge in [-0.1, -0.05) is 0 Å². The summed E-state index contributed by atoms with van der Waals surface area (Å²) in [7, 11) is 0. The molecule has 0 radical (unpaired) electrons. The van der Waals surface area contributed by atoms with E-state index in [0.717, 1.165) is 23.5 Å². The third-order valence-electron chi connectivity index (χ3n) is 3.95. The molecular formula is C15H21NO3S. The summed E-state index contributed by atoms with van der Waals surface area (Å²) < 4.78 is 11.0. The van der Waals surface area contributed by atoms with Crippen LogP contribution >= 0.6 is 11.3 Å². The van der Waals surface area contributed by atoms with E-state index in [0.29, 0.717) is 19.1 Å². The SMILES string of the molecule is CCOC(=O)C1CCc2sc(C(OCC)C3CC3)nc21. The van der Waals surface area contributed by atoms with Crippen LogP contribution in [0.4, 0.5) is 0 Å². The van der Waals surface area contributed by atoms with E-state index in [-0.39, 0.29) is 18.0 Å². The summed E-state index contributed by atoms with van der Waals surface area (Å²) in [6, 6.07) is 0. The second-order valence-corrected chi connectivity index (χ2v) is 6.53. The van der Waals surface area contributed by atoms with E-state index in [2.05, 4.69) is 0 Å². The predicted octanol–water partition coefficient (Wildman–Crippen LogP) is 3.22. The highest BCUT2D eigenvalue weighted by atomic mass is 32.1. The molecule has 0 aromatic carbocycles. The van der Waals surface area contributed by atoms with Crippen molar-refractivity contribution in [1.29, 1.82) is 0 Å². The first-order valence-corrected chi connectivity index (χ1v) is 8.34. The number of aryl methyl sites for hydroxylation is 1. The van der Waals surface area contributed by atoms with Crippen LogP contribution in [-0.2, 0) is 20.7 Å². The lowest BCUT2D eigenvalue weighted by molar-refractivity contribution is -0.145. The molecule has 0 spiro atoms. The standard InChI is InChI=1S/C15H21NO3S/c1-3-18-13(9-5-6-9)14-16-12-10(15(17)19-4-2)7-8-11(12)20-14/h9-10,13H,3-8H2,1-2H3. The Morgan fingerprint density at radius 3 is 2.80 bits per heavy atom. The maximum atomic E-state index is 12.0. The van der Waals surface area contributed by atoms with Gasteiger partial charge in [0.25, 0.3) is 0 Å². The number of hydrogen-bond donors (Lipinski definition) is 0. The van der Waals surface area contributed by atoms with Crippen LogP contribution in [0.25, 0.3) is 0 Å². The normalized spacial score (nSPS) is 22.6.